The number of methoxy groups -OCH3 is 1. The summed E-state index contributed by atoms with van der Waals surface area (Å²) in [5.74, 6) is 0.627. The summed E-state index contributed by atoms with van der Waals surface area (Å²) < 4.78 is 24.4. The van der Waals surface area contributed by atoms with Crippen molar-refractivity contribution < 1.29 is 19.0 Å². The van der Waals surface area contributed by atoms with Crippen LogP contribution < -0.4 is 25.7 Å². The summed E-state index contributed by atoms with van der Waals surface area (Å²) >= 11 is 4.68. The van der Waals surface area contributed by atoms with Gasteiger partial charge < -0.3 is 15.2 Å². The summed E-state index contributed by atoms with van der Waals surface area (Å²) in [6.07, 6.45) is 1.66. The van der Waals surface area contributed by atoms with E-state index in [1.807, 2.05) is 0 Å². The van der Waals surface area contributed by atoms with Gasteiger partial charge in [0.1, 0.15) is 12.4 Å². The van der Waals surface area contributed by atoms with Gasteiger partial charge in [-0.15, -0.1) is 10.5 Å². The van der Waals surface area contributed by atoms with Crippen molar-refractivity contribution in [3.05, 3.63) is 59.4 Å². The van der Waals surface area contributed by atoms with Crippen LogP contribution in [0.15, 0.2) is 30.3 Å². The summed E-state index contributed by atoms with van der Waals surface area (Å²) in [6, 6.07) is 13.2. The molecule has 0 saturated carbocycles. The van der Waals surface area contributed by atoms with Crippen LogP contribution in [0.1, 0.15) is 11.1 Å². The molecule has 118 valence electrons. The number of nitrogens with one attached hydrogen (secondary N) is 2. The smallest absolute Gasteiger partial charge is 0.221 e. The highest BCUT2D eigenvalue weighted by Crippen LogP contribution is 2.28. The Hall–Kier alpha value is -2.85. The second kappa shape index (κ2) is 7.96. The molecule has 0 radical (unpaired) electrons. The van der Waals surface area contributed by atoms with Crippen LogP contribution in [0.3, 0.4) is 0 Å². The molecule has 0 bridgehead atoms. The van der Waals surface area contributed by atoms with E-state index in [2.05, 4.69) is 34.9 Å². The monoisotopic (exact) mass is 332 g/mol. The normalized spacial score (nSPS) is 10.2. The zero-order valence-corrected chi connectivity index (χ0v) is 13.2. The number of hydrazone groups is 1. The molecule has 0 heterocycles. The number of rotatable bonds is 6. The van der Waals surface area contributed by atoms with Crippen molar-refractivity contribution in [1.29, 1.82) is 0 Å². The Kier molecular flexibility index (Phi) is 5.72. The van der Waals surface area contributed by atoms with Gasteiger partial charge in [-0.3, -0.25) is 0 Å². The van der Waals surface area contributed by atoms with E-state index in [9.17, 15) is 4.39 Å². The molecule has 0 spiro atoms. The van der Waals surface area contributed by atoms with E-state index in [-0.39, 0.29) is 17.5 Å². The molecule has 0 atom stereocenters. The number of hydrazine groups is 1. The van der Waals surface area contributed by atoms with Crippen molar-refractivity contribution in [2.45, 2.75) is 6.61 Å². The molecule has 0 fully saturated rings. The maximum atomic E-state index is 13.5. The van der Waals surface area contributed by atoms with Gasteiger partial charge in [0.25, 0.3) is 0 Å². The highest BCUT2D eigenvalue weighted by atomic mass is 32.1. The lowest BCUT2D eigenvalue weighted by atomic mass is 10.2. The van der Waals surface area contributed by atoms with Gasteiger partial charge in [0.15, 0.2) is 17.7 Å². The molecule has 7 heteroatoms. The average molecular weight is 332 g/mol. The lowest BCUT2D eigenvalue weighted by Crippen LogP contribution is -2.82. The Morgan fingerprint density at radius 3 is 2.87 bits per heavy atom. The molecule has 23 heavy (non-hydrogen) atoms. The third kappa shape index (κ3) is 4.83. The van der Waals surface area contributed by atoms with E-state index in [1.54, 1.807) is 24.4 Å². The standard InChI is InChI=1S/C16H14FN3O2S/c1-21-15-8-11(9-19-20-16(18)23)6-7-14(15)22-10-12-4-2-3-5-13(12)17/h4-9H,10H2,1H3,(H3,18,20,23)/p+1. The molecular weight excluding hydrogens is 317 g/mol. The van der Waals surface area contributed by atoms with Crippen LogP contribution in [0, 0.1) is 17.9 Å². The summed E-state index contributed by atoms with van der Waals surface area (Å²) in [7, 11) is 1.53. The highest BCUT2D eigenvalue weighted by Gasteiger charge is 2.08. The van der Waals surface area contributed by atoms with Gasteiger partial charge in [-0.05, 0) is 36.5 Å². The van der Waals surface area contributed by atoms with Crippen LogP contribution >= 0.6 is 12.2 Å². The zero-order valence-electron chi connectivity index (χ0n) is 12.4. The molecular formula is C16H15FN3O2S+. The molecule has 2 aromatic rings. The van der Waals surface area contributed by atoms with Crippen LogP contribution in [0.5, 0.6) is 11.5 Å². The van der Waals surface area contributed by atoms with Gasteiger partial charge in [-0.2, -0.15) is 0 Å². The lowest BCUT2D eigenvalue weighted by molar-refractivity contribution is -0.499. The second-order valence-electron chi connectivity index (χ2n) is 4.43. The fraction of sp³-hybridized carbons (Fsp3) is 0.125. The largest absolute Gasteiger partial charge is 0.493 e. The first-order valence-electron chi connectivity index (χ1n) is 6.61. The van der Waals surface area contributed by atoms with E-state index in [0.29, 0.717) is 17.1 Å². The summed E-state index contributed by atoms with van der Waals surface area (Å²) in [4.78, 5) is 0. The first-order chi connectivity index (χ1) is 11.1. The average Bonchev–Trinajstić information content (AvgIpc) is 2.54. The Morgan fingerprint density at radius 1 is 1.39 bits per heavy atom. The van der Waals surface area contributed by atoms with Crippen molar-refractivity contribution in [2.75, 3.05) is 7.11 Å². The third-order valence-corrected chi connectivity index (χ3v) is 2.94. The van der Waals surface area contributed by atoms with Gasteiger partial charge in [-0.25, -0.2) is 4.39 Å². The second-order valence-corrected chi connectivity index (χ2v) is 4.87. The van der Waals surface area contributed by atoms with Crippen molar-refractivity contribution >= 4 is 23.5 Å². The summed E-state index contributed by atoms with van der Waals surface area (Å²) in [5, 5.41) is 2.87. The lowest BCUT2D eigenvalue weighted by Gasteiger charge is -2.11. The first-order valence-corrected chi connectivity index (χ1v) is 7.02. The van der Waals surface area contributed by atoms with Gasteiger partial charge in [0.05, 0.1) is 7.11 Å². The Bertz CT molecular complexity index is 722. The van der Waals surface area contributed by atoms with Crippen molar-refractivity contribution in [3.63, 3.8) is 0 Å². The predicted molar refractivity (Wildman–Crippen MR) is 87.4 cm³/mol. The molecule has 2 rings (SSSR count). The fourth-order valence-corrected chi connectivity index (χ4v) is 1.80. The van der Waals surface area contributed by atoms with E-state index in [1.165, 1.54) is 19.2 Å². The van der Waals surface area contributed by atoms with Crippen molar-refractivity contribution in [1.82, 2.24) is 5.43 Å². The molecule has 0 unspecified atom stereocenters. The van der Waals surface area contributed by atoms with Crippen molar-refractivity contribution in [3.8, 4) is 11.5 Å². The Labute approximate surface area is 138 Å². The van der Waals surface area contributed by atoms with Crippen LogP contribution in [0.2, 0.25) is 0 Å². The van der Waals surface area contributed by atoms with Crippen LogP contribution in [0.4, 0.5) is 4.39 Å². The van der Waals surface area contributed by atoms with Gasteiger partial charge >= 0.3 is 0 Å². The minimum Gasteiger partial charge on any atom is -0.493 e. The molecule has 0 amide bonds. The molecule has 0 aliphatic rings. The first kappa shape index (κ1) is 16.5. The maximum absolute atomic E-state index is 13.5. The van der Waals surface area contributed by atoms with Gasteiger partial charge in [0.2, 0.25) is 5.11 Å². The number of hydrogen-bond acceptors (Lipinski definition) is 3. The number of benzene rings is 1. The van der Waals surface area contributed by atoms with E-state index in [0.717, 1.165) is 5.56 Å². The topological polar surface area (TPSA) is 70.5 Å². The zero-order chi connectivity index (χ0) is 16.7. The fourth-order valence-electron chi connectivity index (χ4n) is 1.75. The molecule has 4 N–H and O–H groups in total. The Morgan fingerprint density at radius 2 is 2.17 bits per heavy atom. The third-order valence-electron chi connectivity index (χ3n) is 2.84. The van der Waals surface area contributed by atoms with Crippen LogP contribution in [-0.2, 0) is 6.61 Å². The molecule has 0 aliphatic heterocycles. The number of thiocarbonyl (C=S) groups is 1. The minimum atomic E-state index is -0.388. The number of ether oxygens (including phenoxy) is 2. The van der Waals surface area contributed by atoms with E-state index in [4.69, 9.17) is 15.2 Å². The van der Waals surface area contributed by atoms with Gasteiger partial charge in [0, 0.05) is 17.2 Å². The quantitative estimate of drug-likeness (QED) is 0.402. The minimum absolute atomic E-state index is 0.0671. The molecule has 2 aromatic carbocycles. The van der Waals surface area contributed by atoms with Gasteiger partial charge in [-0.1, -0.05) is 12.1 Å². The van der Waals surface area contributed by atoms with Crippen molar-refractivity contribution in [2.24, 2.45) is 5.73 Å². The van der Waals surface area contributed by atoms with Crippen LogP contribution in [0.25, 0.3) is 0 Å². The summed E-state index contributed by atoms with van der Waals surface area (Å²) in [6.45, 7) is 0.0671. The molecule has 0 aliphatic carbocycles. The van der Waals surface area contributed by atoms with Crippen LogP contribution in [-0.4, -0.2) is 18.4 Å². The SMILES string of the molecule is COc1cc(C=[NH+]NC(N)=S)ccc1OCc1cc#ccc1F. The maximum Gasteiger partial charge on any atom is 0.221 e. The molecule has 5 nitrogen and oxygen atoms in total. The molecule has 0 saturated heterocycles. The van der Waals surface area contributed by atoms with E-state index >= 15 is 0 Å². The Balaban J connectivity index is 2.09. The van der Waals surface area contributed by atoms with E-state index < -0.39 is 0 Å². The molecule has 0 aromatic heterocycles. The predicted octanol–water partition coefficient (Wildman–Crippen LogP) is 0.261. The summed E-state index contributed by atoms with van der Waals surface area (Å²) in [5.41, 5.74) is 9.09. The number of hydrogen-bond donors (Lipinski definition) is 3. The number of halogens is 1. The number of nitrogens with two attached hydrogens (primary N) is 1. The highest BCUT2D eigenvalue weighted by molar-refractivity contribution is 7.80.